The predicted molar refractivity (Wildman–Crippen MR) is 173 cm³/mol. The molecule has 250 valence electrons. The first-order valence-electron chi connectivity index (χ1n) is 15.1. The molecule has 1 saturated heterocycles. The maximum Gasteiger partial charge on any atom is 0.573 e. The first-order chi connectivity index (χ1) is 22.9. The van der Waals surface area contributed by atoms with Crippen LogP contribution in [0.4, 0.5) is 23.5 Å². The fourth-order valence-electron chi connectivity index (χ4n) is 5.62. The largest absolute Gasteiger partial charge is 0.573 e. The number of rotatable bonds is 10. The minimum absolute atomic E-state index is 0.0562. The van der Waals surface area contributed by atoms with E-state index in [0.29, 0.717) is 39.3 Å². The smallest absolute Gasteiger partial charge is 0.437 e. The second-order valence-electron chi connectivity index (χ2n) is 11.5. The molecule has 0 amide bonds. The van der Waals surface area contributed by atoms with Gasteiger partial charge in [-0.25, -0.2) is 27.8 Å². The summed E-state index contributed by atoms with van der Waals surface area (Å²) in [7, 11) is -3.97. The summed E-state index contributed by atoms with van der Waals surface area (Å²) in [6.45, 7) is 3.61. The van der Waals surface area contributed by atoms with Crippen LogP contribution in [0, 0.1) is 12.7 Å². The molecular weight excluding hydrogens is 650 g/mol. The molecule has 6 rings (SSSR count). The van der Waals surface area contributed by atoms with Gasteiger partial charge in [-0.15, -0.1) is 13.2 Å². The third-order valence-corrected chi connectivity index (χ3v) is 9.34. The van der Waals surface area contributed by atoms with Crippen LogP contribution in [-0.2, 0) is 21.3 Å². The highest BCUT2D eigenvalue weighted by atomic mass is 32.2. The number of alkyl halides is 3. The zero-order valence-electron chi connectivity index (χ0n) is 25.7. The van der Waals surface area contributed by atoms with E-state index >= 15 is 4.39 Å². The number of hydrogen-bond donors (Lipinski definition) is 2. The fraction of sp³-hybridized carbons (Fsp3) is 0.265. The molecule has 14 heteroatoms. The van der Waals surface area contributed by atoms with E-state index in [9.17, 15) is 21.6 Å². The number of nitrogens with one attached hydrogen (secondary N) is 2. The Morgan fingerprint density at radius 2 is 1.75 bits per heavy atom. The summed E-state index contributed by atoms with van der Waals surface area (Å²) in [5, 5.41) is 7.54. The molecule has 2 aromatic heterocycles. The Morgan fingerprint density at radius 3 is 2.50 bits per heavy atom. The Kier molecular flexibility index (Phi) is 9.47. The maximum atomic E-state index is 15.3. The molecule has 0 radical (unpaired) electrons. The molecule has 1 aliphatic rings. The van der Waals surface area contributed by atoms with Gasteiger partial charge in [0.2, 0.25) is 11.8 Å². The lowest BCUT2D eigenvalue weighted by Gasteiger charge is -2.23. The van der Waals surface area contributed by atoms with Crippen molar-refractivity contribution in [1.29, 1.82) is 0 Å². The predicted octanol–water partition coefficient (Wildman–Crippen LogP) is 7.11. The van der Waals surface area contributed by atoms with Crippen LogP contribution in [0.2, 0.25) is 0 Å². The molecular formula is C34H31F4N5O4S. The van der Waals surface area contributed by atoms with Crippen molar-refractivity contribution in [2.24, 2.45) is 0 Å². The minimum atomic E-state index is -4.87. The van der Waals surface area contributed by atoms with Crippen LogP contribution in [0.1, 0.15) is 29.5 Å². The summed E-state index contributed by atoms with van der Waals surface area (Å²) in [6, 6.07) is 16.1. The number of ether oxygens (including phenoxy) is 2. The number of nitrogens with zero attached hydrogens (tertiary/aromatic N) is 3. The van der Waals surface area contributed by atoms with Gasteiger partial charge >= 0.3 is 6.36 Å². The monoisotopic (exact) mass is 681 g/mol. The lowest BCUT2D eigenvalue weighted by Crippen LogP contribution is -2.38. The van der Waals surface area contributed by atoms with E-state index in [4.69, 9.17) is 9.72 Å². The van der Waals surface area contributed by atoms with Crippen molar-refractivity contribution in [2.75, 3.05) is 18.4 Å². The summed E-state index contributed by atoms with van der Waals surface area (Å²) in [6.07, 6.45) is 0.410. The lowest BCUT2D eigenvalue weighted by molar-refractivity contribution is -0.274. The highest BCUT2D eigenvalue weighted by molar-refractivity contribution is 7.89. The number of pyridine rings is 1. The van der Waals surface area contributed by atoms with Crippen LogP contribution in [0.15, 0.2) is 79.1 Å². The number of sulfone groups is 1. The van der Waals surface area contributed by atoms with E-state index in [1.807, 2.05) is 13.0 Å². The van der Waals surface area contributed by atoms with E-state index in [2.05, 4.69) is 25.3 Å². The molecule has 9 nitrogen and oxygen atoms in total. The van der Waals surface area contributed by atoms with Gasteiger partial charge in [-0.2, -0.15) is 0 Å². The number of aryl methyl sites for hydroxylation is 1. The van der Waals surface area contributed by atoms with Gasteiger partial charge in [-0.05, 0) is 85.3 Å². The van der Waals surface area contributed by atoms with Gasteiger partial charge in [-0.3, -0.25) is 0 Å². The summed E-state index contributed by atoms with van der Waals surface area (Å²) in [5.41, 5.74) is 2.05. The molecule has 3 aromatic carbocycles. The van der Waals surface area contributed by atoms with E-state index in [-0.39, 0.29) is 23.0 Å². The second-order valence-corrected chi connectivity index (χ2v) is 13.5. The number of fused-ring (bicyclic) bond motifs is 1. The molecule has 3 heterocycles. The number of hydrogen-bond acceptors (Lipinski definition) is 9. The average molecular weight is 682 g/mol. The van der Waals surface area contributed by atoms with Crippen LogP contribution < -0.4 is 20.1 Å². The molecule has 0 spiro atoms. The van der Waals surface area contributed by atoms with Crippen molar-refractivity contribution in [3.8, 4) is 28.6 Å². The van der Waals surface area contributed by atoms with Crippen LogP contribution in [0.25, 0.3) is 22.0 Å². The number of aromatic nitrogens is 3. The second kappa shape index (κ2) is 13.7. The molecule has 5 aromatic rings. The first-order valence-corrected chi connectivity index (χ1v) is 17.0. The van der Waals surface area contributed by atoms with Gasteiger partial charge in [0.05, 0.1) is 22.8 Å². The Balaban J connectivity index is 1.27. The highest BCUT2D eigenvalue weighted by Crippen LogP contribution is 2.38. The molecule has 0 bridgehead atoms. The Bertz CT molecular complexity index is 2040. The average Bonchev–Trinajstić information content (AvgIpc) is 3.04. The van der Waals surface area contributed by atoms with Gasteiger partial charge in [0.15, 0.2) is 9.84 Å². The number of anilines is 1. The van der Waals surface area contributed by atoms with Crippen molar-refractivity contribution < 1.29 is 35.5 Å². The third-order valence-electron chi connectivity index (χ3n) is 7.84. The molecule has 0 unspecified atom stereocenters. The fourth-order valence-corrected chi connectivity index (χ4v) is 7.15. The quantitative estimate of drug-likeness (QED) is 0.149. The van der Waals surface area contributed by atoms with Gasteiger partial charge in [-0.1, -0.05) is 24.3 Å². The normalized spacial score (nSPS) is 15.3. The van der Waals surface area contributed by atoms with E-state index in [1.165, 1.54) is 24.3 Å². The summed E-state index contributed by atoms with van der Waals surface area (Å²) < 4.78 is 89.5. The van der Waals surface area contributed by atoms with E-state index in [0.717, 1.165) is 38.1 Å². The molecule has 0 aliphatic carbocycles. The third kappa shape index (κ3) is 8.00. The van der Waals surface area contributed by atoms with Crippen molar-refractivity contribution in [3.63, 3.8) is 0 Å². The standard InChI is InChI=1S/C34H31F4N5O4S/c1-21-6-11-25-26(12-13-29(35)28(25)20-48(44,45)19-22-7-9-24(10-8-22)47-34(36,37)38)31(21)46-32-27(5-3-16-40-32)30-14-17-41-33(43-30)42-23-4-2-15-39-18-23/h3,5-14,16-17,23,39H,2,4,15,18-20H2,1H3,(H,41,42,43)/t23-/m0/s1. The number of halogens is 4. The SMILES string of the molecule is Cc1ccc2c(CS(=O)(=O)Cc3ccc(OC(F)(F)F)cc3)c(F)ccc2c1Oc1ncccc1-c1ccnc(N[C@H]2CCCNC2)n1. The van der Waals surface area contributed by atoms with Gasteiger partial charge < -0.3 is 20.1 Å². The van der Waals surface area contributed by atoms with Crippen molar-refractivity contribution in [2.45, 2.75) is 43.7 Å². The Labute approximate surface area is 274 Å². The summed E-state index contributed by atoms with van der Waals surface area (Å²) in [4.78, 5) is 13.5. The first kappa shape index (κ1) is 33.1. The van der Waals surface area contributed by atoms with Gasteiger partial charge in [0.25, 0.3) is 0 Å². The molecule has 1 atom stereocenters. The highest BCUT2D eigenvalue weighted by Gasteiger charge is 2.31. The minimum Gasteiger partial charge on any atom is -0.437 e. The van der Waals surface area contributed by atoms with Crippen molar-refractivity contribution >= 4 is 26.6 Å². The van der Waals surface area contributed by atoms with Crippen LogP contribution in [0.3, 0.4) is 0 Å². The Hall–Kier alpha value is -4.82. The van der Waals surface area contributed by atoms with E-state index < -0.39 is 39.3 Å². The molecule has 1 fully saturated rings. The van der Waals surface area contributed by atoms with Gasteiger partial charge in [0.1, 0.15) is 17.3 Å². The molecule has 48 heavy (non-hydrogen) atoms. The maximum absolute atomic E-state index is 15.3. The lowest BCUT2D eigenvalue weighted by atomic mass is 10.0. The van der Waals surface area contributed by atoms with Crippen LogP contribution in [0.5, 0.6) is 17.4 Å². The Morgan fingerprint density at radius 1 is 0.958 bits per heavy atom. The summed E-state index contributed by atoms with van der Waals surface area (Å²) >= 11 is 0. The van der Waals surface area contributed by atoms with Crippen molar-refractivity contribution in [1.82, 2.24) is 20.3 Å². The molecule has 0 saturated carbocycles. The molecule has 2 N–H and O–H groups in total. The number of piperidine rings is 1. The molecule has 1 aliphatic heterocycles. The number of benzene rings is 3. The topological polar surface area (TPSA) is 115 Å². The van der Waals surface area contributed by atoms with Crippen LogP contribution in [-0.4, -0.2) is 48.9 Å². The summed E-state index contributed by atoms with van der Waals surface area (Å²) in [5.74, 6) is -1.28. The van der Waals surface area contributed by atoms with Crippen molar-refractivity contribution in [3.05, 3.63) is 102 Å². The zero-order valence-corrected chi connectivity index (χ0v) is 26.5. The van der Waals surface area contributed by atoms with E-state index in [1.54, 1.807) is 36.7 Å². The zero-order chi connectivity index (χ0) is 33.9. The van der Waals surface area contributed by atoms with Gasteiger partial charge in [0, 0.05) is 35.9 Å². The van der Waals surface area contributed by atoms with Crippen LogP contribution >= 0.6 is 0 Å².